The van der Waals surface area contributed by atoms with E-state index in [1.54, 1.807) is 7.05 Å². The molecule has 1 heterocycles. The van der Waals surface area contributed by atoms with Crippen molar-refractivity contribution in [1.29, 1.82) is 0 Å². The highest BCUT2D eigenvalue weighted by molar-refractivity contribution is 14.0. The predicted octanol–water partition coefficient (Wildman–Crippen LogP) is 4.02. The molecule has 3 N–H and O–H groups in total. The molecular formula is C21H32IN5O2. The van der Waals surface area contributed by atoms with E-state index in [9.17, 15) is 4.79 Å². The number of nitrogens with one attached hydrogen (secondary N) is 3. The molecule has 8 heteroatoms. The number of benzene rings is 1. The number of hydrogen-bond donors (Lipinski definition) is 3. The Morgan fingerprint density at radius 3 is 2.34 bits per heavy atom. The maximum Gasteiger partial charge on any atom is 0.224 e. The van der Waals surface area contributed by atoms with Gasteiger partial charge in [-0.05, 0) is 30.5 Å². The first-order valence-corrected chi connectivity index (χ1v) is 9.90. The van der Waals surface area contributed by atoms with E-state index in [1.807, 2.05) is 31.2 Å². The normalized spacial score (nSPS) is 11.0. The van der Waals surface area contributed by atoms with Gasteiger partial charge in [-0.3, -0.25) is 9.79 Å². The quantitative estimate of drug-likeness (QED) is 0.268. The fourth-order valence-corrected chi connectivity index (χ4v) is 2.87. The topological polar surface area (TPSA) is 91.5 Å². The number of anilines is 1. The molecule has 0 radical (unpaired) electrons. The second-order valence-corrected chi connectivity index (χ2v) is 6.51. The highest BCUT2D eigenvalue weighted by Gasteiger charge is 2.13. The monoisotopic (exact) mass is 513 g/mol. The number of nitrogens with zero attached hydrogens (tertiary/aromatic N) is 2. The summed E-state index contributed by atoms with van der Waals surface area (Å²) in [5.41, 5.74) is 4.02. The summed E-state index contributed by atoms with van der Waals surface area (Å²) >= 11 is 0. The van der Waals surface area contributed by atoms with Gasteiger partial charge in [0.2, 0.25) is 5.91 Å². The van der Waals surface area contributed by atoms with Crippen LogP contribution in [0.5, 0.6) is 0 Å². The number of rotatable bonds is 9. The smallest absolute Gasteiger partial charge is 0.224 e. The van der Waals surface area contributed by atoms with Crippen LogP contribution in [0.15, 0.2) is 33.8 Å². The molecule has 0 unspecified atom stereocenters. The third-order valence-electron chi connectivity index (χ3n) is 4.44. The molecule has 0 aliphatic carbocycles. The summed E-state index contributed by atoms with van der Waals surface area (Å²) in [7, 11) is 1.75. The predicted molar refractivity (Wildman–Crippen MR) is 128 cm³/mol. The molecule has 0 fully saturated rings. The molecule has 0 saturated heterocycles. The number of carbonyl (C=O) groups excluding carboxylic acids is 1. The van der Waals surface area contributed by atoms with Crippen LogP contribution in [0, 0.1) is 0 Å². The lowest BCUT2D eigenvalue weighted by Crippen LogP contribution is -2.36. The maximum atomic E-state index is 11.7. The minimum Gasteiger partial charge on any atom is -0.361 e. The summed E-state index contributed by atoms with van der Waals surface area (Å²) < 4.78 is 5.40. The van der Waals surface area contributed by atoms with Gasteiger partial charge in [-0.1, -0.05) is 38.1 Å². The molecule has 0 atom stereocenters. The molecule has 1 amide bonds. The second-order valence-electron chi connectivity index (χ2n) is 6.51. The van der Waals surface area contributed by atoms with Gasteiger partial charge in [-0.15, -0.1) is 24.0 Å². The number of carbonyl (C=O) groups is 1. The van der Waals surface area contributed by atoms with Crippen molar-refractivity contribution in [3.05, 3.63) is 46.8 Å². The fraction of sp³-hybridized carbons (Fsp3) is 0.476. The van der Waals surface area contributed by atoms with E-state index in [0.717, 1.165) is 47.5 Å². The average molecular weight is 513 g/mol. The first kappa shape index (κ1) is 24.9. The zero-order valence-electron chi connectivity index (χ0n) is 17.7. The minimum absolute atomic E-state index is 0. The molecule has 160 valence electrons. The van der Waals surface area contributed by atoms with Crippen molar-refractivity contribution in [3.63, 3.8) is 0 Å². The fourth-order valence-electron chi connectivity index (χ4n) is 2.87. The Hall–Kier alpha value is -2.10. The van der Waals surface area contributed by atoms with Crippen molar-refractivity contribution in [3.8, 4) is 0 Å². The van der Waals surface area contributed by atoms with E-state index >= 15 is 0 Å². The zero-order valence-corrected chi connectivity index (χ0v) is 20.0. The first-order chi connectivity index (χ1) is 13.6. The number of guanidine groups is 1. The Morgan fingerprint density at radius 1 is 1.07 bits per heavy atom. The zero-order chi connectivity index (χ0) is 20.4. The van der Waals surface area contributed by atoms with Gasteiger partial charge in [0.05, 0.1) is 5.69 Å². The van der Waals surface area contributed by atoms with E-state index in [2.05, 4.69) is 39.9 Å². The van der Waals surface area contributed by atoms with Crippen molar-refractivity contribution in [1.82, 2.24) is 15.8 Å². The summed E-state index contributed by atoms with van der Waals surface area (Å²) in [6.07, 6.45) is 3.04. The number of halogens is 1. The SMILES string of the molecule is CCCC(=O)Nc1ccc(CNC(=NC)NCc2c(CC)noc2CC)cc1.I. The number of hydrogen-bond acceptors (Lipinski definition) is 4. The van der Waals surface area contributed by atoms with Crippen molar-refractivity contribution in [2.75, 3.05) is 12.4 Å². The third-order valence-corrected chi connectivity index (χ3v) is 4.44. The molecule has 0 saturated carbocycles. The maximum absolute atomic E-state index is 11.7. The Bertz CT molecular complexity index is 765. The number of amides is 1. The van der Waals surface area contributed by atoms with Crippen LogP contribution in [0.3, 0.4) is 0 Å². The second kappa shape index (κ2) is 13.2. The molecule has 0 bridgehead atoms. The van der Waals surface area contributed by atoms with Gasteiger partial charge in [0.15, 0.2) is 5.96 Å². The van der Waals surface area contributed by atoms with E-state index in [1.165, 1.54) is 0 Å². The molecule has 7 nitrogen and oxygen atoms in total. The summed E-state index contributed by atoms with van der Waals surface area (Å²) in [4.78, 5) is 15.9. The largest absolute Gasteiger partial charge is 0.361 e. The molecular weight excluding hydrogens is 481 g/mol. The number of aryl methyl sites for hydroxylation is 2. The van der Waals surface area contributed by atoms with Crippen molar-refractivity contribution >= 4 is 41.5 Å². The van der Waals surface area contributed by atoms with Crippen LogP contribution < -0.4 is 16.0 Å². The standard InChI is InChI=1S/C21H31N5O2.HI/c1-5-8-20(27)25-16-11-9-15(10-12-16)13-23-21(22-4)24-14-17-18(6-2)26-28-19(17)7-3;/h9-12H,5-8,13-14H2,1-4H3,(H,25,27)(H2,22,23,24);1H. The minimum atomic E-state index is 0. The van der Waals surface area contributed by atoms with Crippen LogP contribution in [-0.2, 0) is 30.7 Å². The van der Waals surface area contributed by atoms with Crippen molar-refractivity contribution < 1.29 is 9.32 Å². The summed E-state index contributed by atoms with van der Waals surface area (Å²) in [6.45, 7) is 7.38. The highest BCUT2D eigenvalue weighted by atomic mass is 127. The van der Waals surface area contributed by atoms with Gasteiger partial charge < -0.3 is 20.5 Å². The van der Waals surface area contributed by atoms with Crippen LogP contribution in [0.25, 0.3) is 0 Å². The third kappa shape index (κ3) is 7.68. The van der Waals surface area contributed by atoms with E-state index in [4.69, 9.17) is 4.52 Å². The van der Waals surface area contributed by atoms with Crippen LogP contribution in [0.1, 0.15) is 56.2 Å². The van der Waals surface area contributed by atoms with Gasteiger partial charge >= 0.3 is 0 Å². The molecule has 1 aromatic heterocycles. The average Bonchev–Trinajstić information content (AvgIpc) is 3.11. The molecule has 1 aromatic carbocycles. The van der Waals surface area contributed by atoms with Crippen LogP contribution in [0.4, 0.5) is 5.69 Å². The van der Waals surface area contributed by atoms with Gasteiger partial charge in [0.25, 0.3) is 0 Å². The van der Waals surface area contributed by atoms with Crippen molar-refractivity contribution in [2.45, 2.75) is 59.5 Å². The first-order valence-electron chi connectivity index (χ1n) is 9.90. The van der Waals surface area contributed by atoms with Gasteiger partial charge in [-0.25, -0.2) is 0 Å². The van der Waals surface area contributed by atoms with Crippen LogP contribution >= 0.6 is 24.0 Å². The molecule has 0 aliphatic heterocycles. The van der Waals surface area contributed by atoms with Crippen LogP contribution in [0.2, 0.25) is 0 Å². The lowest BCUT2D eigenvalue weighted by molar-refractivity contribution is -0.116. The van der Waals surface area contributed by atoms with E-state index < -0.39 is 0 Å². The Balaban J connectivity index is 0.00000420. The lowest BCUT2D eigenvalue weighted by Gasteiger charge is -2.13. The molecule has 0 spiro atoms. The molecule has 2 rings (SSSR count). The van der Waals surface area contributed by atoms with Gasteiger partial charge in [0.1, 0.15) is 5.76 Å². The number of aliphatic imine (C=N–C) groups is 1. The lowest BCUT2D eigenvalue weighted by atomic mass is 10.1. The van der Waals surface area contributed by atoms with Gasteiger partial charge in [-0.2, -0.15) is 0 Å². The molecule has 0 aliphatic rings. The van der Waals surface area contributed by atoms with E-state index in [0.29, 0.717) is 25.5 Å². The number of aromatic nitrogens is 1. The molecule has 2 aromatic rings. The van der Waals surface area contributed by atoms with Gasteiger partial charge in [0, 0.05) is 44.2 Å². The van der Waals surface area contributed by atoms with Crippen molar-refractivity contribution in [2.24, 2.45) is 4.99 Å². The summed E-state index contributed by atoms with van der Waals surface area (Å²) in [5, 5.41) is 13.7. The highest BCUT2D eigenvalue weighted by Crippen LogP contribution is 2.15. The Kier molecular flexibility index (Phi) is 11.3. The Morgan fingerprint density at radius 2 is 1.76 bits per heavy atom. The Labute approximate surface area is 190 Å². The van der Waals surface area contributed by atoms with E-state index in [-0.39, 0.29) is 29.9 Å². The summed E-state index contributed by atoms with van der Waals surface area (Å²) in [5.74, 6) is 1.68. The van der Waals surface area contributed by atoms with Crippen LogP contribution in [-0.4, -0.2) is 24.1 Å². The molecule has 29 heavy (non-hydrogen) atoms. The summed E-state index contributed by atoms with van der Waals surface area (Å²) in [6, 6.07) is 7.82.